The number of nitrogens with one attached hydrogen (secondary N) is 2. The average Bonchev–Trinajstić information content (AvgIpc) is 3.62. The number of hydrogen-bond acceptors (Lipinski definition) is 9. The number of pyridine rings is 1. The van der Waals surface area contributed by atoms with Gasteiger partial charge in [-0.3, -0.25) is 24.2 Å². The third-order valence-electron chi connectivity index (χ3n) is 9.14. The van der Waals surface area contributed by atoms with E-state index in [1.807, 2.05) is 39.1 Å². The maximum Gasteiger partial charge on any atom is 0.419 e. The smallest absolute Gasteiger partial charge is 0.419 e. The number of aromatic nitrogens is 1. The number of rotatable bonds is 2. The summed E-state index contributed by atoms with van der Waals surface area (Å²) < 4.78 is 47.9. The SMILES string of the molecule is CC(C)CC1NC(=O)c2cccc(C(F)(F)F)c2OC/C(N)=C/N(N)CCCCCCCCNC(=O)CN(C)C(=O)C2CCCN2C1=O.Cc1cccnc1. The van der Waals surface area contributed by atoms with Crippen LogP contribution < -0.4 is 26.9 Å². The van der Waals surface area contributed by atoms with Crippen LogP contribution in [0.1, 0.15) is 93.1 Å². The number of ether oxygens (including phenoxy) is 1. The van der Waals surface area contributed by atoms with Crippen LogP contribution in [0.3, 0.4) is 0 Å². The predicted octanol–water partition coefficient (Wildman–Crippen LogP) is 4.51. The summed E-state index contributed by atoms with van der Waals surface area (Å²) in [7, 11) is 1.50. The number of amides is 4. The lowest BCUT2D eigenvalue weighted by molar-refractivity contribution is -0.145. The summed E-state index contributed by atoms with van der Waals surface area (Å²) in [5.41, 5.74) is 5.70. The molecule has 4 amide bonds. The van der Waals surface area contributed by atoms with E-state index in [2.05, 4.69) is 15.6 Å². The lowest BCUT2D eigenvalue weighted by Crippen LogP contribution is -2.54. The van der Waals surface area contributed by atoms with Crippen LogP contribution in [0.15, 0.2) is 54.6 Å². The molecule has 1 fully saturated rings. The molecule has 1 saturated heterocycles. The Labute approximate surface area is 322 Å². The maximum absolute atomic E-state index is 14.1. The number of nitrogens with two attached hydrogens (primary N) is 2. The van der Waals surface area contributed by atoms with Crippen molar-refractivity contribution in [2.24, 2.45) is 17.5 Å². The quantitative estimate of drug-likeness (QED) is 0.320. The molecule has 3 heterocycles. The van der Waals surface area contributed by atoms with Gasteiger partial charge in [-0.1, -0.05) is 51.7 Å². The molecule has 304 valence electrons. The zero-order valence-electron chi connectivity index (χ0n) is 32.4. The molecule has 13 nitrogen and oxygen atoms in total. The summed E-state index contributed by atoms with van der Waals surface area (Å²) in [4.78, 5) is 60.1. The van der Waals surface area contributed by atoms with E-state index in [1.54, 1.807) is 6.20 Å². The van der Waals surface area contributed by atoms with E-state index in [0.717, 1.165) is 50.7 Å². The van der Waals surface area contributed by atoms with Gasteiger partial charge in [0.1, 0.15) is 24.4 Å². The van der Waals surface area contributed by atoms with Crippen LogP contribution in [0.25, 0.3) is 0 Å². The van der Waals surface area contributed by atoms with Crippen molar-refractivity contribution in [2.75, 3.05) is 39.8 Å². The van der Waals surface area contributed by atoms with Gasteiger partial charge in [0.2, 0.25) is 17.7 Å². The summed E-state index contributed by atoms with van der Waals surface area (Å²) in [6.07, 6.45) is 6.47. The van der Waals surface area contributed by atoms with E-state index in [4.69, 9.17) is 16.3 Å². The van der Waals surface area contributed by atoms with Gasteiger partial charge in [0.25, 0.3) is 5.91 Å². The van der Waals surface area contributed by atoms with E-state index in [1.165, 1.54) is 39.7 Å². The van der Waals surface area contributed by atoms with Crippen molar-refractivity contribution in [2.45, 2.75) is 96.8 Å². The number of nitrogens with zero attached hydrogens (tertiary/aromatic N) is 4. The average molecular weight is 775 g/mol. The molecule has 0 saturated carbocycles. The predicted molar refractivity (Wildman–Crippen MR) is 203 cm³/mol. The molecule has 2 aliphatic rings. The van der Waals surface area contributed by atoms with Gasteiger partial charge in [-0.2, -0.15) is 13.2 Å². The Balaban J connectivity index is 0.00000104. The number of para-hydroxylation sites is 1. The fraction of sp³-hybridized carbons (Fsp3) is 0.564. The molecule has 1 aromatic heterocycles. The van der Waals surface area contributed by atoms with Gasteiger partial charge >= 0.3 is 6.18 Å². The number of alkyl halides is 3. The zero-order valence-corrected chi connectivity index (χ0v) is 32.4. The molecule has 2 unspecified atom stereocenters. The normalized spacial score (nSPS) is 21.6. The summed E-state index contributed by atoms with van der Waals surface area (Å²) in [6.45, 7) is 6.24. The zero-order chi connectivity index (χ0) is 40.5. The number of likely N-dealkylation sites (N-methyl/N-ethyl adjacent to an activating group) is 1. The van der Waals surface area contributed by atoms with E-state index in [0.29, 0.717) is 25.9 Å². The van der Waals surface area contributed by atoms with Crippen molar-refractivity contribution in [3.05, 3.63) is 71.3 Å². The van der Waals surface area contributed by atoms with Crippen LogP contribution in [0.5, 0.6) is 5.75 Å². The molecular formula is C39H57F3N8O5. The van der Waals surface area contributed by atoms with Crippen LogP contribution in [0.4, 0.5) is 13.2 Å². The third-order valence-corrected chi connectivity index (χ3v) is 9.14. The molecule has 2 aromatic rings. The summed E-state index contributed by atoms with van der Waals surface area (Å²) in [5.74, 6) is 3.02. The van der Waals surface area contributed by atoms with Gasteiger partial charge in [-0.25, -0.2) is 5.84 Å². The first-order valence-corrected chi connectivity index (χ1v) is 18.9. The number of fused-ring (bicyclic) bond motifs is 2. The number of hydrogen-bond donors (Lipinski definition) is 4. The second-order valence-electron chi connectivity index (χ2n) is 14.5. The molecule has 6 N–H and O–H groups in total. The molecule has 55 heavy (non-hydrogen) atoms. The van der Waals surface area contributed by atoms with E-state index < -0.39 is 59.5 Å². The Morgan fingerprint density at radius 3 is 2.31 bits per heavy atom. The first-order chi connectivity index (χ1) is 26.1. The molecule has 0 radical (unpaired) electrons. The standard InChI is InChI=1S/C33H50F3N7O5.C6H7N/c1-22(2)18-26-31(46)43-17-11-14-27(43)32(47)41(3)20-28(44)39-15-8-6-4-5-7-9-16-42(38)19-23(37)21-48-29-24(30(45)40-26)12-10-13-25(29)33(34,35)36;1-6-3-2-4-7-5-6/h10,12-13,19,22,26-27H,4-9,11,14-18,20-21,37-38H2,1-3H3,(H,39,44)(H,40,45);2-5H,1H3/b23-19-;. The minimum Gasteiger partial charge on any atom is -0.486 e. The van der Waals surface area contributed by atoms with Gasteiger partial charge in [0.15, 0.2) is 0 Å². The molecule has 0 aliphatic carbocycles. The number of carbonyl (C=O) groups is 4. The lowest BCUT2D eigenvalue weighted by Gasteiger charge is -2.31. The summed E-state index contributed by atoms with van der Waals surface area (Å²) in [6, 6.07) is 5.03. The highest BCUT2D eigenvalue weighted by molar-refractivity contribution is 6.01. The van der Waals surface area contributed by atoms with Crippen molar-refractivity contribution in [1.82, 2.24) is 30.4 Å². The number of benzene rings is 1. The summed E-state index contributed by atoms with van der Waals surface area (Å²) >= 11 is 0. The fourth-order valence-electron chi connectivity index (χ4n) is 6.39. The van der Waals surface area contributed by atoms with Gasteiger partial charge in [-0.15, -0.1) is 0 Å². The number of aryl methyl sites for hydroxylation is 1. The van der Waals surface area contributed by atoms with Crippen molar-refractivity contribution < 1.29 is 37.1 Å². The largest absolute Gasteiger partial charge is 0.486 e. The lowest BCUT2D eigenvalue weighted by atomic mass is 10.0. The van der Waals surface area contributed by atoms with Gasteiger partial charge in [0, 0.05) is 45.3 Å². The van der Waals surface area contributed by atoms with Crippen molar-refractivity contribution >= 4 is 23.6 Å². The first kappa shape index (κ1) is 44.5. The second kappa shape index (κ2) is 21.9. The topological polar surface area (TPSA) is 176 Å². The Bertz CT molecular complexity index is 1590. The van der Waals surface area contributed by atoms with Crippen molar-refractivity contribution in [3.8, 4) is 5.75 Å². The highest BCUT2D eigenvalue weighted by Crippen LogP contribution is 2.38. The van der Waals surface area contributed by atoms with Crippen LogP contribution in [0.2, 0.25) is 0 Å². The minimum atomic E-state index is -4.86. The van der Waals surface area contributed by atoms with Crippen LogP contribution >= 0.6 is 0 Å². The van der Waals surface area contributed by atoms with Gasteiger partial charge in [0.05, 0.1) is 23.4 Å². The molecule has 2 atom stereocenters. The maximum atomic E-state index is 14.1. The molecule has 0 bridgehead atoms. The fourth-order valence-corrected chi connectivity index (χ4v) is 6.39. The van der Waals surface area contributed by atoms with Gasteiger partial charge < -0.3 is 35.9 Å². The second-order valence-corrected chi connectivity index (χ2v) is 14.5. The Morgan fingerprint density at radius 2 is 1.67 bits per heavy atom. The molecular weight excluding hydrogens is 717 g/mol. The Hall–Kier alpha value is -4.86. The van der Waals surface area contributed by atoms with Crippen molar-refractivity contribution in [3.63, 3.8) is 0 Å². The number of carbonyl (C=O) groups excluding carboxylic acids is 4. The van der Waals surface area contributed by atoms with Gasteiger partial charge in [-0.05, 0) is 68.7 Å². The molecule has 0 spiro atoms. The minimum absolute atomic E-state index is 0.0481. The highest BCUT2D eigenvalue weighted by atomic mass is 19.4. The monoisotopic (exact) mass is 774 g/mol. The van der Waals surface area contributed by atoms with E-state index in [9.17, 15) is 32.3 Å². The Kier molecular flexibility index (Phi) is 17.7. The van der Waals surface area contributed by atoms with Crippen LogP contribution in [-0.4, -0.2) is 95.3 Å². The highest BCUT2D eigenvalue weighted by Gasteiger charge is 2.40. The Morgan fingerprint density at radius 1 is 0.964 bits per heavy atom. The molecule has 1 aromatic carbocycles. The molecule has 16 heteroatoms. The summed E-state index contributed by atoms with van der Waals surface area (Å²) in [5, 5.41) is 6.81. The van der Waals surface area contributed by atoms with Crippen LogP contribution in [-0.2, 0) is 20.6 Å². The van der Waals surface area contributed by atoms with E-state index >= 15 is 0 Å². The van der Waals surface area contributed by atoms with Crippen molar-refractivity contribution in [1.29, 1.82) is 0 Å². The van der Waals surface area contributed by atoms with E-state index in [-0.39, 0.29) is 37.0 Å². The van der Waals surface area contributed by atoms with Crippen LogP contribution in [0, 0.1) is 12.8 Å². The number of halogens is 3. The first-order valence-electron chi connectivity index (χ1n) is 18.9. The molecule has 2 aliphatic heterocycles. The number of hydrazine groups is 1. The molecule has 4 rings (SSSR count). The third kappa shape index (κ3) is 14.7.